The summed E-state index contributed by atoms with van der Waals surface area (Å²) in [5, 5.41) is 29.6. The predicted molar refractivity (Wildman–Crippen MR) is 93.0 cm³/mol. The van der Waals surface area contributed by atoms with Crippen LogP contribution >= 0.6 is 0 Å². The number of benzene rings is 2. The number of nitrogens with zero attached hydrogens (tertiary/aromatic N) is 2. The molecule has 10 heteroatoms. The highest BCUT2D eigenvalue weighted by Gasteiger charge is 2.19. The lowest BCUT2D eigenvalue weighted by molar-refractivity contribution is -0.384. The van der Waals surface area contributed by atoms with E-state index in [9.17, 15) is 23.6 Å². The first-order valence-corrected chi connectivity index (χ1v) is 8.70. The molecular weight excluding hydrogens is 348 g/mol. The van der Waals surface area contributed by atoms with Gasteiger partial charge in [0, 0.05) is 6.07 Å². The summed E-state index contributed by atoms with van der Waals surface area (Å²) in [4.78, 5) is 10.1. The molecule has 0 radical (unpaired) electrons. The van der Waals surface area contributed by atoms with Crippen molar-refractivity contribution in [2.75, 3.05) is 5.43 Å². The Morgan fingerprint density at radius 2 is 1.92 bits per heavy atom. The van der Waals surface area contributed by atoms with E-state index in [4.69, 9.17) is 5.14 Å². The van der Waals surface area contributed by atoms with E-state index in [0.29, 0.717) is 12.1 Å². The van der Waals surface area contributed by atoms with Crippen LogP contribution in [0.2, 0.25) is 0 Å². The van der Waals surface area contributed by atoms with Crippen LogP contribution in [0.1, 0.15) is 18.9 Å². The molecule has 2 aromatic carbocycles. The van der Waals surface area contributed by atoms with Crippen LogP contribution in [-0.2, 0) is 10.0 Å². The molecule has 0 unspecified atom stereocenters. The number of hydrogen-bond acceptors (Lipinski definition) is 7. The van der Waals surface area contributed by atoms with E-state index in [-0.39, 0.29) is 16.3 Å². The molecule has 0 heterocycles. The fraction of sp³-hybridized carbons (Fsp3) is 0.133. The summed E-state index contributed by atoms with van der Waals surface area (Å²) in [6.07, 6.45) is 0.529. The summed E-state index contributed by atoms with van der Waals surface area (Å²) in [7, 11) is -4.05. The van der Waals surface area contributed by atoms with Gasteiger partial charge < -0.3 is 5.11 Å². The molecule has 0 saturated carbocycles. The highest BCUT2D eigenvalue weighted by molar-refractivity contribution is 7.89. The second kappa shape index (κ2) is 7.28. The SMILES string of the molecule is CCC(=NNc1ccc(S(N)(=O)=O)cc1[N+](=O)[O-])c1ccc(O)cc1. The number of nitrogens with two attached hydrogens (primary N) is 1. The van der Waals surface area contributed by atoms with Crippen molar-refractivity contribution in [2.45, 2.75) is 18.2 Å². The second-order valence-corrected chi connectivity index (χ2v) is 6.61. The van der Waals surface area contributed by atoms with Crippen molar-refractivity contribution in [3.05, 3.63) is 58.1 Å². The number of nitro benzene ring substituents is 1. The third-order valence-corrected chi connectivity index (χ3v) is 4.25. The van der Waals surface area contributed by atoms with E-state index in [2.05, 4.69) is 10.5 Å². The molecule has 4 N–H and O–H groups in total. The number of phenolic OH excluding ortho intramolecular Hbond substituents is 1. The van der Waals surface area contributed by atoms with E-state index < -0.39 is 20.6 Å². The zero-order valence-electron chi connectivity index (χ0n) is 13.2. The first kappa shape index (κ1) is 18.4. The maximum atomic E-state index is 11.3. The summed E-state index contributed by atoms with van der Waals surface area (Å²) in [5.74, 6) is 0.112. The molecule has 0 atom stereocenters. The number of hydrogen-bond donors (Lipinski definition) is 3. The van der Waals surface area contributed by atoms with Crippen molar-refractivity contribution in [2.24, 2.45) is 10.2 Å². The molecule has 9 nitrogen and oxygen atoms in total. The van der Waals surface area contributed by atoms with Crippen molar-refractivity contribution in [1.29, 1.82) is 0 Å². The highest BCUT2D eigenvalue weighted by atomic mass is 32.2. The predicted octanol–water partition coefficient (Wildman–Crippen LogP) is 2.17. The van der Waals surface area contributed by atoms with Gasteiger partial charge in [0.05, 0.1) is 15.5 Å². The first-order chi connectivity index (χ1) is 11.7. The van der Waals surface area contributed by atoms with Gasteiger partial charge in [0.15, 0.2) is 0 Å². The number of phenols is 1. The normalized spacial score (nSPS) is 12.0. The van der Waals surface area contributed by atoms with Crippen LogP contribution in [0.3, 0.4) is 0 Å². The number of primary sulfonamides is 1. The molecule has 0 aromatic heterocycles. The Labute approximate surface area is 144 Å². The third-order valence-electron chi connectivity index (χ3n) is 3.34. The van der Waals surface area contributed by atoms with E-state index in [1.54, 1.807) is 12.1 Å². The number of nitrogens with one attached hydrogen (secondary N) is 1. The molecule has 0 bridgehead atoms. The van der Waals surface area contributed by atoms with Crippen molar-refractivity contribution in [3.8, 4) is 5.75 Å². The molecule has 0 aliphatic carbocycles. The molecule has 0 saturated heterocycles. The zero-order valence-corrected chi connectivity index (χ0v) is 14.0. The van der Waals surface area contributed by atoms with E-state index >= 15 is 0 Å². The van der Waals surface area contributed by atoms with Crippen LogP contribution in [0.25, 0.3) is 0 Å². The summed E-state index contributed by atoms with van der Waals surface area (Å²) in [6.45, 7) is 1.85. The van der Waals surface area contributed by atoms with Gasteiger partial charge in [0.25, 0.3) is 5.69 Å². The topological polar surface area (TPSA) is 148 Å². The minimum Gasteiger partial charge on any atom is -0.508 e. The fourth-order valence-electron chi connectivity index (χ4n) is 2.06. The van der Waals surface area contributed by atoms with Gasteiger partial charge in [0.1, 0.15) is 11.4 Å². The molecule has 0 amide bonds. The molecule has 0 spiro atoms. The third kappa shape index (κ3) is 4.52. The van der Waals surface area contributed by atoms with Crippen molar-refractivity contribution in [3.63, 3.8) is 0 Å². The Balaban J connectivity index is 2.38. The van der Waals surface area contributed by atoms with E-state index in [1.807, 2.05) is 6.92 Å². The summed E-state index contributed by atoms with van der Waals surface area (Å²) >= 11 is 0. The van der Waals surface area contributed by atoms with Gasteiger partial charge in [-0.05, 0) is 48.4 Å². The second-order valence-electron chi connectivity index (χ2n) is 5.05. The standard InChI is InChI=1S/C15H16N4O5S/c1-2-13(10-3-5-11(20)6-4-10)17-18-14-8-7-12(25(16,23)24)9-15(14)19(21)22/h3-9,18,20H,2H2,1H3,(H2,16,23,24). The minimum absolute atomic E-state index is 0.0297. The van der Waals surface area contributed by atoms with Crippen LogP contribution in [-0.4, -0.2) is 24.2 Å². The highest BCUT2D eigenvalue weighted by Crippen LogP contribution is 2.27. The number of rotatable bonds is 6. The Morgan fingerprint density at radius 1 is 1.28 bits per heavy atom. The monoisotopic (exact) mass is 364 g/mol. The number of hydrazone groups is 1. The quantitative estimate of drug-likeness (QED) is 0.406. The van der Waals surface area contributed by atoms with Gasteiger partial charge >= 0.3 is 0 Å². The lowest BCUT2D eigenvalue weighted by atomic mass is 10.1. The van der Waals surface area contributed by atoms with Gasteiger partial charge in [0.2, 0.25) is 10.0 Å². The Hall–Kier alpha value is -2.98. The molecule has 25 heavy (non-hydrogen) atoms. The molecule has 0 fully saturated rings. The maximum absolute atomic E-state index is 11.3. The number of sulfonamides is 1. The summed E-state index contributed by atoms with van der Waals surface area (Å²) < 4.78 is 22.7. The van der Waals surface area contributed by atoms with Gasteiger partial charge in [-0.25, -0.2) is 13.6 Å². The molecule has 2 rings (SSSR count). The van der Waals surface area contributed by atoms with Gasteiger partial charge in [-0.3, -0.25) is 15.5 Å². The molecular formula is C15H16N4O5S. The Morgan fingerprint density at radius 3 is 2.44 bits per heavy atom. The van der Waals surface area contributed by atoms with Crippen molar-refractivity contribution in [1.82, 2.24) is 0 Å². The average molecular weight is 364 g/mol. The molecule has 2 aromatic rings. The minimum atomic E-state index is -4.05. The molecule has 132 valence electrons. The number of aromatic hydroxyl groups is 1. The van der Waals surface area contributed by atoms with Gasteiger partial charge in [-0.15, -0.1) is 0 Å². The Bertz CT molecular complexity index is 923. The lowest BCUT2D eigenvalue weighted by Gasteiger charge is -2.07. The number of nitro groups is 1. The number of anilines is 1. The smallest absolute Gasteiger partial charge is 0.295 e. The maximum Gasteiger partial charge on any atom is 0.295 e. The first-order valence-electron chi connectivity index (χ1n) is 7.15. The van der Waals surface area contributed by atoms with Gasteiger partial charge in [-0.1, -0.05) is 6.92 Å². The van der Waals surface area contributed by atoms with Crippen molar-refractivity contribution < 1.29 is 18.4 Å². The van der Waals surface area contributed by atoms with Crippen LogP contribution in [0.15, 0.2) is 52.5 Å². The zero-order chi connectivity index (χ0) is 18.6. The average Bonchev–Trinajstić information content (AvgIpc) is 2.56. The lowest BCUT2D eigenvalue weighted by Crippen LogP contribution is -2.12. The molecule has 0 aliphatic heterocycles. The van der Waals surface area contributed by atoms with Crippen LogP contribution in [0.5, 0.6) is 5.75 Å². The summed E-state index contributed by atoms with van der Waals surface area (Å²) in [6, 6.07) is 9.60. The van der Waals surface area contributed by atoms with E-state index in [1.165, 1.54) is 18.2 Å². The Kier molecular flexibility index (Phi) is 5.35. The fourth-order valence-corrected chi connectivity index (χ4v) is 2.60. The van der Waals surface area contributed by atoms with Crippen molar-refractivity contribution >= 4 is 27.1 Å². The van der Waals surface area contributed by atoms with Gasteiger partial charge in [-0.2, -0.15) is 5.10 Å². The molecule has 0 aliphatic rings. The summed E-state index contributed by atoms with van der Waals surface area (Å²) in [5.41, 5.74) is 3.49. The van der Waals surface area contributed by atoms with E-state index in [0.717, 1.165) is 17.7 Å². The largest absolute Gasteiger partial charge is 0.508 e. The van der Waals surface area contributed by atoms with Crippen LogP contribution < -0.4 is 10.6 Å². The van der Waals surface area contributed by atoms with Crippen LogP contribution in [0.4, 0.5) is 11.4 Å². The van der Waals surface area contributed by atoms with Crippen LogP contribution in [0, 0.1) is 10.1 Å².